The summed E-state index contributed by atoms with van der Waals surface area (Å²) < 4.78 is 46.1. The summed E-state index contributed by atoms with van der Waals surface area (Å²) in [4.78, 5) is 59.3. The summed E-state index contributed by atoms with van der Waals surface area (Å²) in [7, 11) is -4.17. The van der Waals surface area contributed by atoms with E-state index in [-0.39, 0.29) is 60.5 Å². The Kier molecular flexibility index (Phi) is 9.45. The summed E-state index contributed by atoms with van der Waals surface area (Å²) in [5.41, 5.74) is -0.132. The molecule has 2 heterocycles. The molecule has 0 saturated carbocycles. The molecule has 2 aliphatic heterocycles. The molecule has 0 radical (unpaired) electrons. The van der Waals surface area contributed by atoms with Crippen LogP contribution in [-0.4, -0.2) is 64.4 Å². The van der Waals surface area contributed by atoms with Crippen LogP contribution in [0, 0.1) is 11.6 Å². The fourth-order valence-corrected chi connectivity index (χ4v) is 6.17. The van der Waals surface area contributed by atoms with Crippen molar-refractivity contribution in [2.75, 3.05) is 36.4 Å². The molecule has 1 fully saturated rings. The fourth-order valence-electron chi connectivity index (χ4n) is 5.61. The van der Waals surface area contributed by atoms with Gasteiger partial charge >= 0.3 is 13.7 Å². The topological polar surface area (TPSA) is 157 Å². The molecule has 5 N–H and O–H groups in total. The van der Waals surface area contributed by atoms with Crippen molar-refractivity contribution in [1.29, 1.82) is 0 Å². The monoisotopic (exact) mass is 662 g/mol. The molecule has 0 bridgehead atoms. The zero-order chi connectivity index (χ0) is 32.4. The van der Waals surface area contributed by atoms with E-state index >= 15 is 4.39 Å². The van der Waals surface area contributed by atoms with Gasteiger partial charge in [0.05, 0.1) is 29.0 Å². The van der Waals surface area contributed by atoms with Crippen molar-refractivity contribution < 1.29 is 42.3 Å². The van der Waals surface area contributed by atoms with Crippen LogP contribution in [0.4, 0.5) is 25.0 Å². The van der Waals surface area contributed by atoms with Crippen molar-refractivity contribution in [3.63, 3.8) is 0 Å². The van der Waals surface area contributed by atoms with Crippen LogP contribution in [0.3, 0.4) is 0 Å². The molecule has 2 atom stereocenters. The van der Waals surface area contributed by atoms with Crippen LogP contribution >= 0.6 is 19.2 Å². The van der Waals surface area contributed by atoms with Crippen LogP contribution < -0.4 is 16.0 Å². The van der Waals surface area contributed by atoms with Crippen molar-refractivity contribution in [3.05, 3.63) is 94.0 Å². The van der Waals surface area contributed by atoms with Gasteiger partial charge in [-0.05, 0) is 66.9 Å². The summed E-state index contributed by atoms with van der Waals surface area (Å²) in [6.07, 6.45) is -0.655. The normalized spacial score (nSPS) is 18.4. The van der Waals surface area contributed by atoms with E-state index < -0.39 is 48.8 Å². The van der Waals surface area contributed by atoms with Crippen LogP contribution in [-0.2, 0) is 26.1 Å². The first-order valence-electron chi connectivity index (χ1n) is 14.0. The van der Waals surface area contributed by atoms with Crippen molar-refractivity contribution in [2.24, 2.45) is 0 Å². The molecule has 1 saturated heterocycles. The number of fused-ring (bicyclic) bond motifs is 2. The Labute approximate surface area is 262 Å². The van der Waals surface area contributed by atoms with E-state index in [2.05, 4.69) is 16.0 Å². The molecule has 238 valence electrons. The Hall–Kier alpha value is -4.03. The average Bonchev–Trinajstić information content (AvgIpc) is 2.98. The van der Waals surface area contributed by atoms with Crippen molar-refractivity contribution >= 4 is 48.5 Å². The van der Waals surface area contributed by atoms with Crippen LogP contribution in [0.15, 0.2) is 60.7 Å². The number of halogens is 3. The van der Waals surface area contributed by atoms with Crippen molar-refractivity contribution in [2.45, 2.75) is 30.9 Å². The maximum absolute atomic E-state index is 15.4. The maximum atomic E-state index is 15.4. The lowest BCUT2D eigenvalue weighted by Crippen LogP contribution is -2.57. The number of anilines is 2. The number of nitrogens with zero attached hydrogens (tertiary/aromatic N) is 1. The van der Waals surface area contributed by atoms with E-state index in [1.165, 1.54) is 47.4 Å². The van der Waals surface area contributed by atoms with Gasteiger partial charge < -0.3 is 30.1 Å². The summed E-state index contributed by atoms with van der Waals surface area (Å²) in [6.45, 7) is 0.0465. The molecule has 1 unspecified atom stereocenters. The lowest BCUT2D eigenvalue weighted by Gasteiger charge is -2.45. The Morgan fingerprint density at radius 2 is 1.89 bits per heavy atom. The van der Waals surface area contributed by atoms with E-state index in [4.69, 9.17) is 26.1 Å². The van der Waals surface area contributed by atoms with Crippen LogP contribution in [0.5, 0.6) is 0 Å². The Bertz CT molecular complexity index is 1670. The minimum absolute atomic E-state index is 0.0172. The highest BCUT2D eigenvalue weighted by atomic mass is 35.5. The number of carbonyl (C=O) groups excluding carboxylic acids is 3. The number of amides is 3. The van der Waals surface area contributed by atoms with Gasteiger partial charge in [0.15, 0.2) is 11.4 Å². The lowest BCUT2D eigenvalue weighted by molar-refractivity contribution is -0.141. The minimum Gasteiger partial charge on any atom is -0.436 e. The number of likely N-dealkylation sites (tertiary alicyclic amines) is 1. The van der Waals surface area contributed by atoms with Gasteiger partial charge in [0, 0.05) is 30.8 Å². The average molecular weight is 663 g/mol. The third kappa shape index (κ3) is 7.62. The van der Waals surface area contributed by atoms with Gasteiger partial charge in [-0.25, -0.2) is 13.6 Å². The molecule has 5 rings (SSSR count). The smallest absolute Gasteiger partial charge is 0.412 e. The van der Waals surface area contributed by atoms with Gasteiger partial charge in [-0.1, -0.05) is 23.7 Å². The number of nitrogens with one attached hydrogen (secondary N) is 3. The second-order valence-electron chi connectivity index (χ2n) is 10.9. The molecule has 15 heteroatoms. The summed E-state index contributed by atoms with van der Waals surface area (Å²) in [6, 6.07) is 13.3. The third-order valence-electron chi connectivity index (χ3n) is 7.65. The Balaban J connectivity index is 1.38. The van der Waals surface area contributed by atoms with Gasteiger partial charge in [-0.2, -0.15) is 0 Å². The zero-order valence-electron chi connectivity index (χ0n) is 23.8. The zero-order valence-corrected chi connectivity index (χ0v) is 25.4. The van der Waals surface area contributed by atoms with E-state index in [0.29, 0.717) is 17.7 Å². The molecule has 3 aromatic rings. The Morgan fingerprint density at radius 3 is 2.60 bits per heavy atom. The fraction of sp³-hybridized carbons (Fsp3) is 0.300. The van der Waals surface area contributed by atoms with Gasteiger partial charge in [0.2, 0.25) is 5.91 Å². The van der Waals surface area contributed by atoms with Crippen molar-refractivity contribution in [1.82, 2.24) is 10.2 Å². The second-order valence-corrected chi connectivity index (χ2v) is 13.1. The first kappa shape index (κ1) is 32.4. The largest absolute Gasteiger partial charge is 0.436 e. The molecule has 0 aliphatic carbocycles. The predicted octanol–water partition coefficient (Wildman–Crippen LogP) is 4.63. The molecule has 1 spiro atoms. The number of rotatable bonds is 9. The quantitative estimate of drug-likeness (QED) is 0.208. The van der Waals surface area contributed by atoms with E-state index in [9.17, 15) is 23.3 Å². The van der Waals surface area contributed by atoms with Gasteiger partial charge in [-0.3, -0.25) is 19.5 Å². The lowest BCUT2D eigenvalue weighted by atomic mass is 9.82. The molecular weight excluding hydrogens is 633 g/mol. The molecular formula is C30H30ClF2N4O7P. The molecule has 11 nitrogen and oxygen atoms in total. The molecule has 0 aromatic heterocycles. The third-order valence-corrected chi connectivity index (χ3v) is 8.75. The number of piperidine rings is 1. The first-order chi connectivity index (χ1) is 21.3. The van der Waals surface area contributed by atoms with Crippen molar-refractivity contribution in [3.8, 4) is 0 Å². The number of carbonyl (C=O) groups is 3. The van der Waals surface area contributed by atoms with Gasteiger partial charge in [0.1, 0.15) is 11.9 Å². The standard InChI is InChI=1S/C30H30ClF2N4O7P/c31-22-9-10-23-25(26(22)33)30(44-29(40)36-23)11-2-13-37(17-30)28(39)24(16-18-3-1-4-20(32)15-18)35-27(38)19-5-7-21(8-6-19)34-12-14-45(41,42)43/h1,3-10,15,24,34H,2,11-14,16-17H2,(H,35,38)(H,36,40)(H2,41,42,43)/t24-,30?/m0/s1. The highest BCUT2D eigenvalue weighted by Gasteiger charge is 2.49. The predicted molar refractivity (Wildman–Crippen MR) is 162 cm³/mol. The van der Waals surface area contributed by atoms with Gasteiger partial charge in [0.25, 0.3) is 5.91 Å². The van der Waals surface area contributed by atoms with Crippen LogP contribution in [0.2, 0.25) is 5.02 Å². The summed E-state index contributed by atoms with van der Waals surface area (Å²) >= 11 is 6.07. The number of benzene rings is 3. The van der Waals surface area contributed by atoms with Crippen LogP contribution in [0.1, 0.15) is 34.3 Å². The molecule has 45 heavy (non-hydrogen) atoms. The highest BCUT2D eigenvalue weighted by Crippen LogP contribution is 2.45. The molecule has 3 amide bonds. The number of hydrogen-bond acceptors (Lipinski definition) is 6. The number of hydrogen-bond donors (Lipinski definition) is 5. The summed E-state index contributed by atoms with van der Waals surface area (Å²) in [5, 5.41) is 7.89. The Morgan fingerprint density at radius 1 is 1.13 bits per heavy atom. The van der Waals surface area contributed by atoms with Gasteiger partial charge in [-0.15, -0.1) is 0 Å². The van der Waals surface area contributed by atoms with E-state index in [1.807, 2.05) is 0 Å². The minimum atomic E-state index is -4.17. The SMILES string of the molecule is O=C1Nc2ccc(Cl)c(F)c2C2(CCCN(C(=O)[C@H](Cc3cccc(F)c3)NC(=O)c3ccc(NCCP(=O)(O)O)cc3)C2)O1. The molecule has 2 aliphatic rings. The molecule has 3 aromatic carbocycles. The first-order valence-corrected chi connectivity index (χ1v) is 16.2. The van der Waals surface area contributed by atoms with E-state index in [1.54, 1.807) is 18.2 Å². The van der Waals surface area contributed by atoms with Crippen LogP contribution in [0.25, 0.3) is 0 Å². The highest BCUT2D eigenvalue weighted by molar-refractivity contribution is 7.51. The van der Waals surface area contributed by atoms with E-state index in [0.717, 1.165) is 0 Å². The number of ether oxygens (including phenoxy) is 1. The summed E-state index contributed by atoms with van der Waals surface area (Å²) in [5.74, 6) is -2.43. The maximum Gasteiger partial charge on any atom is 0.412 e. The second kappa shape index (κ2) is 13.1.